The van der Waals surface area contributed by atoms with Crippen LogP contribution in [0.2, 0.25) is 10.0 Å². The SMILES string of the molecule is N#Cc1ccccc1CNc1ccc(C(=S)c2sccc2Cl)c(Cl)c1. The molecule has 0 fully saturated rings. The topological polar surface area (TPSA) is 35.8 Å². The van der Waals surface area contributed by atoms with E-state index < -0.39 is 0 Å². The fraction of sp³-hybridized carbons (Fsp3) is 0.0526. The Bertz CT molecular complexity index is 974. The van der Waals surface area contributed by atoms with E-state index in [1.807, 2.05) is 47.8 Å². The molecule has 1 aromatic heterocycles. The molecule has 0 saturated heterocycles. The van der Waals surface area contributed by atoms with Gasteiger partial charge in [-0.1, -0.05) is 53.6 Å². The third-order valence-electron chi connectivity index (χ3n) is 3.66. The zero-order chi connectivity index (χ0) is 17.8. The molecule has 0 aliphatic heterocycles. The number of benzene rings is 2. The molecular weight excluding hydrogens is 391 g/mol. The summed E-state index contributed by atoms with van der Waals surface area (Å²) in [4.78, 5) is 1.49. The van der Waals surface area contributed by atoms with Gasteiger partial charge in [-0.05, 0) is 41.3 Å². The first kappa shape index (κ1) is 17.9. The van der Waals surface area contributed by atoms with Gasteiger partial charge in [-0.3, -0.25) is 0 Å². The molecule has 0 saturated carbocycles. The maximum atomic E-state index is 9.15. The summed E-state index contributed by atoms with van der Waals surface area (Å²) in [6.45, 7) is 0.542. The quantitative estimate of drug-likeness (QED) is 0.401. The van der Waals surface area contributed by atoms with E-state index in [9.17, 15) is 0 Å². The first-order chi connectivity index (χ1) is 12.1. The Morgan fingerprint density at radius 3 is 2.60 bits per heavy atom. The summed E-state index contributed by atoms with van der Waals surface area (Å²) in [6, 6.07) is 17.2. The van der Waals surface area contributed by atoms with Crippen molar-refractivity contribution in [2.45, 2.75) is 6.54 Å². The predicted molar refractivity (Wildman–Crippen MR) is 110 cm³/mol. The highest BCUT2D eigenvalue weighted by Crippen LogP contribution is 2.30. The fourth-order valence-electron chi connectivity index (χ4n) is 2.37. The molecule has 0 atom stereocenters. The standard InChI is InChI=1S/C19H12Cl2N2S2/c20-16-7-8-25-19(16)18(24)15-6-5-14(9-17(15)21)23-11-13-4-2-1-3-12(13)10-22/h1-9,23H,11H2. The maximum Gasteiger partial charge on any atom is 0.0995 e. The minimum Gasteiger partial charge on any atom is -0.381 e. The highest BCUT2D eigenvalue weighted by atomic mass is 35.5. The number of hydrogen-bond donors (Lipinski definition) is 1. The molecule has 0 aliphatic carbocycles. The highest BCUT2D eigenvalue weighted by molar-refractivity contribution is 7.81. The van der Waals surface area contributed by atoms with Crippen molar-refractivity contribution in [3.63, 3.8) is 0 Å². The number of thiophene rings is 1. The Kier molecular flexibility index (Phi) is 5.72. The number of anilines is 1. The summed E-state index contributed by atoms with van der Waals surface area (Å²) in [6.07, 6.45) is 0. The van der Waals surface area contributed by atoms with Crippen molar-refractivity contribution in [2.75, 3.05) is 5.32 Å². The van der Waals surface area contributed by atoms with Crippen molar-refractivity contribution >= 4 is 57.3 Å². The second kappa shape index (κ2) is 7.99. The number of halogens is 2. The van der Waals surface area contributed by atoms with Gasteiger partial charge < -0.3 is 5.32 Å². The van der Waals surface area contributed by atoms with Crippen LogP contribution in [0.25, 0.3) is 0 Å². The summed E-state index contributed by atoms with van der Waals surface area (Å²) >= 11 is 19.6. The maximum absolute atomic E-state index is 9.15. The van der Waals surface area contributed by atoms with Gasteiger partial charge in [0.1, 0.15) is 0 Å². The number of nitrogens with one attached hydrogen (secondary N) is 1. The van der Waals surface area contributed by atoms with E-state index in [1.54, 1.807) is 6.07 Å². The second-order valence-electron chi connectivity index (χ2n) is 5.24. The van der Waals surface area contributed by atoms with Gasteiger partial charge in [0, 0.05) is 17.8 Å². The second-order valence-corrected chi connectivity index (χ2v) is 7.38. The Morgan fingerprint density at radius 2 is 1.92 bits per heavy atom. The smallest absolute Gasteiger partial charge is 0.0995 e. The minimum atomic E-state index is 0.542. The molecule has 0 amide bonds. The van der Waals surface area contributed by atoms with Crippen LogP contribution in [0.4, 0.5) is 5.69 Å². The van der Waals surface area contributed by atoms with Crippen molar-refractivity contribution in [1.82, 2.24) is 0 Å². The number of thiocarbonyl (C=S) groups is 1. The van der Waals surface area contributed by atoms with Crippen LogP contribution in [0, 0.1) is 11.3 Å². The first-order valence-electron chi connectivity index (χ1n) is 7.39. The molecule has 25 heavy (non-hydrogen) atoms. The van der Waals surface area contributed by atoms with E-state index >= 15 is 0 Å². The normalized spacial score (nSPS) is 10.3. The fourth-order valence-corrected chi connectivity index (χ4v) is 4.29. The van der Waals surface area contributed by atoms with Gasteiger partial charge in [-0.15, -0.1) is 11.3 Å². The van der Waals surface area contributed by atoms with Gasteiger partial charge >= 0.3 is 0 Å². The van der Waals surface area contributed by atoms with Crippen molar-refractivity contribution in [3.8, 4) is 6.07 Å². The lowest BCUT2D eigenvalue weighted by atomic mass is 10.1. The molecule has 0 radical (unpaired) electrons. The van der Waals surface area contributed by atoms with Crippen LogP contribution in [0.5, 0.6) is 0 Å². The van der Waals surface area contributed by atoms with Gasteiger partial charge in [0.15, 0.2) is 0 Å². The van der Waals surface area contributed by atoms with Gasteiger partial charge in [0.25, 0.3) is 0 Å². The number of nitriles is 1. The van der Waals surface area contributed by atoms with E-state index in [1.165, 1.54) is 11.3 Å². The Morgan fingerprint density at radius 1 is 1.12 bits per heavy atom. The molecule has 1 heterocycles. The van der Waals surface area contributed by atoms with Crippen LogP contribution in [-0.2, 0) is 6.54 Å². The molecule has 0 bridgehead atoms. The third kappa shape index (κ3) is 4.02. The highest BCUT2D eigenvalue weighted by Gasteiger charge is 2.14. The van der Waals surface area contributed by atoms with Crippen LogP contribution < -0.4 is 5.32 Å². The summed E-state index contributed by atoms with van der Waals surface area (Å²) < 4.78 is 0. The van der Waals surface area contributed by atoms with Crippen LogP contribution >= 0.6 is 46.8 Å². The first-order valence-corrected chi connectivity index (χ1v) is 9.43. The van der Waals surface area contributed by atoms with Crippen LogP contribution in [0.1, 0.15) is 21.6 Å². The van der Waals surface area contributed by atoms with Gasteiger partial charge in [-0.25, -0.2) is 0 Å². The largest absolute Gasteiger partial charge is 0.381 e. The zero-order valence-corrected chi connectivity index (χ0v) is 16.1. The lowest BCUT2D eigenvalue weighted by molar-refractivity contribution is 1.14. The van der Waals surface area contributed by atoms with E-state index in [0.29, 0.717) is 27.0 Å². The van der Waals surface area contributed by atoms with E-state index in [4.69, 9.17) is 40.7 Å². The third-order valence-corrected chi connectivity index (χ3v) is 5.88. The van der Waals surface area contributed by atoms with Crippen LogP contribution in [-0.4, -0.2) is 4.86 Å². The average molecular weight is 403 g/mol. The molecule has 0 unspecified atom stereocenters. The van der Waals surface area contributed by atoms with E-state index in [2.05, 4.69) is 11.4 Å². The van der Waals surface area contributed by atoms with Gasteiger partial charge in [0.2, 0.25) is 0 Å². The Balaban J connectivity index is 1.77. The van der Waals surface area contributed by atoms with Crippen molar-refractivity contribution in [1.29, 1.82) is 5.26 Å². The summed E-state index contributed by atoms with van der Waals surface area (Å²) in [7, 11) is 0. The lowest BCUT2D eigenvalue weighted by Gasteiger charge is -2.11. The van der Waals surface area contributed by atoms with E-state index in [0.717, 1.165) is 21.7 Å². The molecule has 1 N–H and O–H groups in total. The number of nitrogens with zero attached hydrogens (tertiary/aromatic N) is 1. The van der Waals surface area contributed by atoms with Crippen LogP contribution in [0.15, 0.2) is 53.9 Å². The monoisotopic (exact) mass is 402 g/mol. The van der Waals surface area contributed by atoms with Crippen LogP contribution in [0.3, 0.4) is 0 Å². The minimum absolute atomic E-state index is 0.542. The molecule has 3 rings (SSSR count). The average Bonchev–Trinajstić information content (AvgIpc) is 3.05. The summed E-state index contributed by atoms with van der Waals surface area (Å²) in [5.74, 6) is 0. The number of hydrogen-bond acceptors (Lipinski definition) is 4. The van der Waals surface area contributed by atoms with Gasteiger partial charge in [0.05, 0.1) is 31.4 Å². The molecule has 3 aromatic rings. The van der Waals surface area contributed by atoms with Crippen molar-refractivity contribution < 1.29 is 0 Å². The Labute approximate surface area is 165 Å². The van der Waals surface area contributed by atoms with Gasteiger partial charge in [-0.2, -0.15) is 5.26 Å². The molecule has 0 spiro atoms. The molecule has 0 aliphatic rings. The molecular formula is C19H12Cl2N2S2. The van der Waals surface area contributed by atoms with E-state index in [-0.39, 0.29) is 0 Å². The summed E-state index contributed by atoms with van der Waals surface area (Å²) in [5, 5.41) is 15.5. The molecule has 124 valence electrons. The Hall–Kier alpha value is -1.90. The summed E-state index contributed by atoms with van der Waals surface area (Å²) in [5.41, 5.74) is 3.24. The van der Waals surface area contributed by atoms with Crippen molar-refractivity contribution in [2.24, 2.45) is 0 Å². The lowest BCUT2D eigenvalue weighted by Crippen LogP contribution is -2.03. The predicted octanol–water partition coefficient (Wildman–Crippen LogP) is 6.30. The number of rotatable bonds is 5. The molecule has 2 aromatic carbocycles. The molecule has 2 nitrogen and oxygen atoms in total. The zero-order valence-electron chi connectivity index (χ0n) is 12.9. The molecule has 6 heteroatoms. The van der Waals surface area contributed by atoms with Crippen molar-refractivity contribution in [3.05, 3.63) is 85.5 Å².